The summed E-state index contributed by atoms with van der Waals surface area (Å²) < 4.78 is 5.87. The van der Waals surface area contributed by atoms with Gasteiger partial charge in [-0.15, -0.1) is 0 Å². The molecule has 1 aromatic carbocycles. The minimum atomic E-state index is 0.258. The van der Waals surface area contributed by atoms with E-state index in [0.29, 0.717) is 0 Å². The Morgan fingerprint density at radius 1 is 1.29 bits per heavy atom. The number of rotatable bonds is 4. The molecule has 1 heterocycles. The van der Waals surface area contributed by atoms with Crippen LogP contribution in [0.4, 0.5) is 0 Å². The van der Waals surface area contributed by atoms with Crippen molar-refractivity contribution in [2.75, 3.05) is 19.7 Å². The maximum absolute atomic E-state index is 5.87. The zero-order valence-corrected chi connectivity index (χ0v) is 10.5. The van der Waals surface area contributed by atoms with Crippen LogP contribution < -0.4 is 5.32 Å². The van der Waals surface area contributed by atoms with Crippen LogP contribution in [-0.4, -0.2) is 19.7 Å². The van der Waals surface area contributed by atoms with Crippen molar-refractivity contribution in [2.45, 2.75) is 25.9 Å². The third-order valence-corrected chi connectivity index (χ3v) is 4.10. The molecular weight excluding hydrogens is 210 g/mol. The molecule has 3 unspecified atom stereocenters. The van der Waals surface area contributed by atoms with Gasteiger partial charge in [0.2, 0.25) is 0 Å². The molecule has 1 saturated carbocycles. The fraction of sp³-hybridized carbons (Fsp3) is 0.600. The van der Waals surface area contributed by atoms with Crippen molar-refractivity contribution in [3.05, 3.63) is 35.4 Å². The fourth-order valence-electron chi connectivity index (χ4n) is 2.73. The molecule has 2 heteroatoms. The van der Waals surface area contributed by atoms with Crippen LogP contribution in [0.3, 0.4) is 0 Å². The Bertz CT molecular complexity index is 390. The van der Waals surface area contributed by atoms with Gasteiger partial charge in [-0.1, -0.05) is 31.2 Å². The first-order valence-electron chi connectivity index (χ1n) is 6.74. The topological polar surface area (TPSA) is 21.3 Å². The molecule has 1 aliphatic heterocycles. The summed E-state index contributed by atoms with van der Waals surface area (Å²) >= 11 is 0. The second-order valence-corrected chi connectivity index (χ2v) is 5.44. The monoisotopic (exact) mass is 231 g/mol. The van der Waals surface area contributed by atoms with Crippen molar-refractivity contribution < 1.29 is 4.74 Å². The molecule has 0 bridgehead atoms. The summed E-state index contributed by atoms with van der Waals surface area (Å²) in [7, 11) is 0. The lowest BCUT2D eigenvalue weighted by Crippen LogP contribution is -2.28. The summed E-state index contributed by atoms with van der Waals surface area (Å²) in [5.74, 6) is 1.84. The molecule has 0 radical (unpaired) electrons. The predicted octanol–water partition coefficient (Wildman–Crippen LogP) is 2.55. The second-order valence-electron chi connectivity index (χ2n) is 5.44. The standard InChI is InChI=1S/C15H21NO/c1-11-8-13(11)9-16-10-15-14-5-3-2-4-12(14)6-7-17-15/h2-5,11,13,15-16H,6-10H2,1H3. The maximum Gasteiger partial charge on any atom is 0.0952 e. The summed E-state index contributed by atoms with van der Waals surface area (Å²) in [6.07, 6.45) is 2.72. The van der Waals surface area contributed by atoms with Crippen LogP contribution in [0.5, 0.6) is 0 Å². The van der Waals surface area contributed by atoms with E-state index in [9.17, 15) is 0 Å². The van der Waals surface area contributed by atoms with E-state index >= 15 is 0 Å². The van der Waals surface area contributed by atoms with Crippen molar-refractivity contribution in [1.29, 1.82) is 0 Å². The molecule has 2 nitrogen and oxygen atoms in total. The molecule has 1 aliphatic carbocycles. The first-order chi connectivity index (χ1) is 8.34. The van der Waals surface area contributed by atoms with Crippen LogP contribution in [0.25, 0.3) is 0 Å². The van der Waals surface area contributed by atoms with Crippen LogP contribution in [0.2, 0.25) is 0 Å². The quantitative estimate of drug-likeness (QED) is 0.860. The van der Waals surface area contributed by atoms with E-state index in [4.69, 9.17) is 4.74 Å². The van der Waals surface area contributed by atoms with Gasteiger partial charge in [0, 0.05) is 6.54 Å². The van der Waals surface area contributed by atoms with E-state index in [0.717, 1.165) is 38.0 Å². The van der Waals surface area contributed by atoms with E-state index in [1.54, 1.807) is 0 Å². The Kier molecular flexibility index (Phi) is 3.17. The van der Waals surface area contributed by atoms with Gasteiger partial charge in [0.15, 0.2) is 0 Å². The van der Waals surface area contributed by atoms with Crippen molar-refractivity contribution in [1.82, 2.24) is 5.32 Å². The normalized spacial score (nSPS) is 31.0. The molecule has 3 atom stereocenters. The Morgan fingerprint density at radius 2 is 2.12 bits per heavy atom. The summed E-state index contributed by atoms with van der Waals surface area (Å²) in [6, 6.07) is 8.68. The Balaban J connectivity index is 1.57. The minimum Gasteiger partial charge on any atom is -0.372 e. The average Bonchev–Trinajstić information content (AvgIpc) is 3.06. The van der Waals surface area contributed by atoms with E-state index in [-0.39, 0.29) is 6.10 Å². The highest BCUT2D eigenvalue weighted by molar-refractivity contribution is 5.31. The molecule has 1 N–H and O–H groups in total. The summed E-state index contributed by atoms with van der Waals surface area (Å²) in [6.45, 7) is 5.31. The third-order valence-electron chi connectivity index (χ3n) is 4.10. The lowest BCUT2D eigenvalue weighted by atomic mass is 9.97. The molecule has 0 spiro atoms. The van der Waals surface area contributed by atoms with Gasteiger partial charge in [-0.25, -0.2) is 0 Å². The molecule has 3 rings (SSSR count). The van der Waals surface area contributed by atoms with Crippen LogP contribution in [-0.2, 0) is 11.2 Å². The molecule has 92 valence electrons. The predicted molar refractivity (Wildman–Crippen MR) is 69.0 cm³/mol. The van der Waals surface area contributed by atoms with E-state index < -0.39 is 0 Å². The van der Waals surface area contributed by atoms with E-state index in [2.05, 4.69) is 36.5 Å². The van der Waals surface area contributed by atoms with Gasteiger partial charge in [-0.2, -0.15) is 0 Å². The van der Waals surface area contributed by atoms with Gasteiger partial charge >= 0.3 is 0 Å². The maximum atomic E-state index is 5.87. The first kappa shape index (κ1) is 11.2. The summed E-state index contributed by atoms with van der Waals surface area (Å²) in [5.41, 5.74) is 2.85. The van der Waals surface area contributed by atoms with Crippen molar-refractivity contribution in [3.8, 4) is 0 Å². The largest absolute Gasteiger partial charge is 0.372 e. The summed E-state index contributed by atoms with van der Waals surface area (Å²) in [4.78, 5) is 0. The Labute approximate surface area is 103 Å². The molecule has 0 aromatic heterocycles. The molecule has 1 aromatic rings. The molecular formula is C15H21NO. The van der Waals surface area contributed by atoms with Gasteiger partial charge in [-0.3, -0.25) is 0 Å². The Morgan fingerprint density at radius 3 is 2.94 bits per heavy atom. The zero-order chi connectivity index (χ0) is 11.7. The van der Waals surface area contributed by atoms with Crippen LogP contribution in [0, 0.1) is 11.8 Å². The van der Waals surface area contributed by atoms with E-state index in [1.165, 1.54) is 17.5 Å². The molecule has 1 fully saturated rings. The summed E-state index contributed by atoms with van der Waals surface area (Å²) in [5, 5.41) is 3.56. The average molecular weight is 231 g/mol. The van der Waals surface area contributed by atoms with Crippen molar-refractivity contribution in [2.24, 2.45) is 11.8 Å². The third kappa shape index (κ3) is 2.53. The highest BCUT2D eigenvalue weighted by atomic mass is 16.5. The fourth-order valence-corrected chi connectivity index (χ4v) is 2.73. The van der Waals surface area contributed by atoms with Crippen molar-refractivity contribution >= 4 is 0 Å². The number of nitrogens with one attached hydrogen (secondary N) is 1. The van der Waals surface area contributed by atoms with E-state index in [1.807, 2.05) is 0 Å². The minimum absolute atomic E-state index is 0.258. The van der Waals surface area contributed by atoms with Gasteiger partial charge in [-0.05, 0) is 42.3 Å². The lowest BCUT2D eigenvalue weighted by molar-refractivity contribution is 0.0424. The lowest BCUT2D eigenvalue weighted by Gasteiger charge is -2.26. The SMILES string of the molecule is CC1CC1CNCC1OCCc2ccccc21. The Hall–Kier alpha value is -0.860. The zero-order valence-electron chi connectivity index (χ0n) is 10.5. The molecule has 2 aliphatic rings. The van der Waals surface area contributed by atoms with Gasteiger partial charge in [0.1, 0.15) is 0 Å². The molecule has 17 heavy (non-hydrogen) atoms. The number of hydrogen-bond donors (Lipinski definition) is 1. The molecule has 0 saturated heterocycles. The second kappa shape index (κ2) is 4.79. The number of hydrogen-bond acceptors (Lipinski definition) is 2. The van der Waals surface area contributed by atoms with Crippen LogP contribution in [0.1, 0.15) is 30.6 Å². The number of benzene rings is 1. The van der Waals surface area contributed by atoms with Gasteiger partial charge in [0.05, 0.1) is 12.7 Å². The number of ether oxygens (including phenoxy) is 1. The first-order valence-corrected chi connectivity index (χ1v) is 6.74. The van der Waals surface area contributed by atoms with Crippen LogP contribution in [0.15, 0.2) is 24.3 Å². The van der Waals surface area contributed by atoms with Crippen molar-refractivity contribution in [3.63, 3.8) is 0 Å². The van der Waals surface area contributed by atoms with Gasteiger partial charge in [0.25, 0.3) is 0 Å². The smallest absolute Gasteiger partial charge is 0.0952 e. The highest BCUT2D eigenvalue weighted by Gasteiger charge is 2.32. The molecule has 0 amide bonds. The van der Waals surface area contributed by atoms with Crippen LogP contribution >= 0.6 is 0 Å². The number of fused-ring (bicyclic) bond motifs is 1. The highest BCUT2D eigenvalue weighted by Crippen LogP contribution is 2.37. The van der Waals surface area contributed by atoms with Gasteiger partial charge < -0.3 is 10.1 Å².